The highest BCUT2D eigenvalue weighted by Gasteiger charge is 2.29. The molecule has 0 unspecified atom stereocenters. The Kier molecular flexibility index (Phi) is 8.96. The van der Waals surface area contributed by atoms with Gasteiger partial charge in [0, 0.05) is 24.5 Å². The third-order valence-corrected chi connectivity index (χ3v) is 4.46. The molecule has 0 aliphatic rings. The first-order valence-corrected chi connectivity index (χ1v) is 9.16. The van der Waals surface area contributed by atoms with Crippen LogP contribution in [0.3, 0.4) is 0 Å². The molecule has 0 amide bonds. The van der Waals surface area contributed by atoms with Crippen LogP contribution in [0.2, 0.25) is 0 Å². The van der Waals surface area contributed by atoms with E-state index in [1.165, 1.54) is 12.1 Å². The third kappa shape index (κ3) is 6.94. The van der Waals surface area contributed by atoms with Gasteiger partial charge in [0.2, 0.25) is 0 Å². The fourth-order valence-electron chi connectivity index (χ4n) is 3.14. The average Bonchev–Trinajstić information content (AvgIpc) is 2.55. The molecule has 2 N–H and O–H groups in total. The molecule has 1 aromatic carbocycles. The van der Waals surface area contributed by atoms with Crippen molar-refractivity contribution in [3.8, 4) is 11.5 Å². The Bertz CT molecular complexity index is 572. The van der Waals surface area contributed by atoms with Gasteiger partial charge in [0.15, 0.2) is 0 Å². The fraction of sp³-hybridized carbons (Fsp3) is 0.600. The number of esters is 2. The summed E-state index contributed by atoms with van der Waals surface area (Å²) in [5.74, 6) is -0.473. The summed E-state index contributed by atoms with van der Waals surface area (Å²) >= 11 is 0. The van der Waals surface area contributed by atoms with Crippen LogP contribution in [0, 0.1) is 0 Å². The fourth-order valence-corrected chi connectivity index (χ4v) is 3.14. The quantitative estimate of drug-likeness (QED) is 0.578. The number of phenolic OH excluding ortho intramolecular Hbond substituents is 2. The lowest BCUT2D eigenvalue weighted by Gasteiger charge is -2.31. The Morgan fingerprint density at radius 3 is 1.88 bits per heavy atom. The maximum Gasteiger partial charge on any atom is 0.305 e. The maximum atomic E-state index is 11.6. The maximum absolute atomic E-state index is 11.6. The van der Waals surface area contributed by atoms with Crippen LogP contribution in [-0.2, 0) is 24.5 Å². The Morgan fingerprint density at radius 1 is 0.962 bits per heavy atom. The van der Waals surface area contributed by atoms with E-state index in [0.717, 1.165) is 0 Å². The molecule has 6 heteroatoms. The highest BCUT2D eigenvalue weighted by Crippen LogP contribution is 2.40. The molecule has 6 nitrogen and oxygen atoms in total. The molecule has 1 aromatic rings. The predicted molar refractivity (Wildman–Crippen MR) is 98.1 cm³/mol. The van der Waals surface area contributed by atoms with Crippen LogP contribution >= 0.6 is 0 Å². The van der Waals surface area contributed by atoms with E-state index in [9.17, 15) is 19.8 Å². The van der Waals surface area contributed by atoms with E-state index < -0.39 is 5.41 Å². The smallest absolute Gasteiger partial charge is 0.305 e. The van der Waals surface area contributed by atoms with Crippen LogP contribution in [0.5, 0.6) is 11.5 Å². The lowest BCUT2D eigenvalue weighted by Crippen LogP contribution is -2.23. The summed E-state index contributed by atoms with van der Waals surface area (Å²) in [6.07, 6.45) is 3.12. The predicted octanol–water partition coefficient (Wildman–Crippen LogP) is 3.82. The molecular weight excluding hydrogens is 336 g/mol. The van der Waals surface area contributed by atoms with Crippen LogP contribution < -0.4 is 0 Å². The van der Waals surface area contributed by atoms with Gasteiger partial charge >= 0.3 is 11.9 Å². The summed E-state index contributed by atoms with van der Waals surface area (Å²) in [6.45, 7) is 6.25. The SMILES string of the molecule is CCOC(=O)CCCC(C)(CCCC(=O)OCC)c1ccc(O)cc1O. The van der Waals surface area contributed by atoms with Crippen molar-refractivity contribution in [2.75, 3.05) is 13.2 Å². The molecule has 0 spiro atoms. The van der Waals surface area contributed by atoms with Crippen LogP contribution in [0.4, 0.5) is 0 Å². The lowest BCUT2D eigenvalue weighted by atomic mass is 9.74. The highest BCUT2D eigenvalue weighted by molar-refractivity contribution is 5.69. The number of carbonyl (C=O) groups is 2. The zero-order valence-corrected chi connectivity index (χ0v) is 15.9. The minimum absolute atomic E-state index is 0.00773. The number of ether oxygens (including phenoxy) is 2. The van der Waals surface area contributed by atoms with Crippen LogP contribution in [0.1, 0.15) is 64.9 Å². The van der Waals surface area contributed by atoms with Gasteiger partial charge in [0.05, 0.1) is 13.2 Å². The van der Waals surface area contributed by atoms with Crippen molar-refractivity contribution < 1.29 is 29.3 Å². The topological polar surface area (TPSA) is 93.1 Å². The molecule has 0 aliphatic carbocycles. The van der Waals surface area contributed by atoms with E-state index in [4.69, 9.17) is 9.47 Å². The Hall–Kier alpha value is -2.24. The molecule has 1 rings (SSSR count). The molecule has 0 fully saturated rings. The minimum atomic E-state index is -0.434. The summed E-state index contributed by atoms with van der Waals surface area (Å²) in [5, 5.41) is 19.8. The van der Waals surface area contributed by atoms with Crippen molar-refractivity contribution in [1.29, 1.82) is 0 Å². The van der Waals surface area contributed by atoms with Gasteiger partial charge in [-0.25, -0.2) is 0 Å². The van der Waals surface area contributed by atoms with E-state index in [1.54, 1.807) is 19.9 Å². The molecule has 0 atom stereocenters. The lowest BCUT2D eigenvalue weighted by molar-refractivity contribution is -0.144. The molecule has 0 aromatic heterocycles. The van der Waals surface area contributed by atoms with Crippen LogP contribution in [0.25, 0.3) is 0 Å². The molecule has 0 heterocycles. The van der Waals surface area contributed by atoms with E-state index in [0.29, 0.717) is 57.3 Å². The van der Waals surface area contributed by atoms with E-state index in [1.807, 2.05) is 6.92 Å². The highest BCUT2D eigenvalue weighted by atomic mass is 16.5. The van der Waals surface area contributed by atoms with E-state index in [-0.39, 0.29) is 23.4 Å². The monoisotopic (exact) mass is 366 g/mol. The van der Waals surface area contributed by atoms with Crippen molar-refractivity contribution in [1.82, 2.24) is 0 Å². The largest absolute Gasteiger partial charge is 0.508 e. The molecular formula is C20H30O6. The van der Waals surface area contributed by atoms with Crippen molar-refractivity contribution in [2.24, 2.45) is 0 Å². The van der Waals surface area contributed by atoms with Gasteiger partial charge in [-0.05, 0) is 51.0 Å². The minimum Gasteiger partial charge on any atom is -0.508 e. The van der Waals surface area contributed by atoms with Crippen molar-refractivity contribution in [3.63, 3.8) is 0 Å². The number of aromatic hydroxyl groups is 2. The van der Waals surface area contributed by atoms with Crippen LogP contribution in [0.15, 0.2) is 18.2 Å². The first kappa shape index (κ1) is 21.8. The molecule has 26 heavy (non-hydrogen) atoms. The summed E-state index contributed by atoms with van der Waals surface area (Å²) < 4.78 is 9.92. The second kappa shape index (κ2) is 10.7. The van der Waals surface area contributed by atoms with Gasteiger partial charge in [0.25, 0.3) is 0 Å². The van der Waals surface area contributed by atoms with Gasteiger partial charge in [-0.2, -0.15) is 0 Å². The van der Waals surface area contributed by atoms with Gasteiger partial charge in [-0.15, -0.1) is 0 Å². The molecule has 0 saturated heterocycles. The zero-order valence-electron chi connectivity index (χ0n) is 15.9. The molecule has 0 saturated carbocycles. The second-order valence-electron chi connectivity index (χ2n) is 6.58. The molecule has 0 bridgehead atoms. The van der Waals surface area contributed by atoms with Crippen LogP contribution in [-0.4, -0.2) is 35.4 Å². The average molecular weight is 366 g/mol. The standard InChI is InChI=1S/C20H30O6/c1-4-25-18(23)8-6-12-20(3,13-7-9-19(24)26-5-2)16-11-10-15(21)14-17(16)22/h10-11,14,21-22H,4-9,12-13H2,1-3H3. The summed E-state index contributed by atoms with van der Waals surface area (Å²) in [6, 6.07) is 4.54. The first-order valence-electron chi connectivity index (χ1n) is 9.16. The van der Waals surface area contributed by atoms with Gasteiger partial charge in [0.1, 0.15) is 11.5 Å². The van der Waals surface area contributed by atoms with Crippen molar-refractivity contribution >= 4 is 11.9 Å². The molecule has 146 valence electrons. The van der Waals surface area contributed by atoms with Crippen molar-refractivity contribution in [3.05, 3.63) is 23.8 Å². The second-order valence-corrected chi connectivity index (χ2v) is 6.58. The number of carbonyl (C=O) groups excluding carboxylic acids is 2. The normalized spacial score (nSPS) is 11.2. The first-order chi connectivity index (χ1) is 12.3. The van der Waals surface area contributed by atoms with Gasteiger partial charge in [-0.3, -0.25) is 9.59 Å². The van der Waals surface area contributed by atoms with E-state index >= 15 is 0 Å². The summed E-state index contributed by atoms with van der Waals surface area (Å²) in [7, 11) is 0. The number of phenols is 2. The Morgan fingerprint density at radius 2 is 1.46 bits per heavy atom. The van der Waals surface area contributed by atoms with E-state index in [2.05, 4.69) is 0 Å². The Labute approximate surface area is 155 Å². The molecule has 0 aliphatic heterocycles. The summed E-state index contributed by atoms with van der Waals surface area (Å²) in [4.78, 5) is 23.2. The van der Waals surface area contributed by atoms with Crippen molar-refractivity contribution in [2.45, 2.75) is 64.7 Å². The van der Waals surface area contributed by atoms with Gasteiger partial charge in [-0.1, -0.05) is 13.0 Å². The number of hydrogen-bond donors (Lipinski definition) is 2. The number of rotatable bonds is 11. The zero-order chi connectivity index (χ0) is 19.6. The number of hydrogen-bond acceptors (Lipinski definition) is 6. The summed E-state index contributed by atoms with van der Waals surface area (Å²) in [5.41, 5.74) is 0.263. The Balaban J connectivity index is 2.82. The number of benzene rings is 1. The van der Waals surface area contributed by atoms with Gasteiger partial charge < -0.3 is 19.7 Å². The molecule has 0 radical (unpaired) electrons. The third-order valence-electron chi connectivity index (χ3n) is 4.46.